The summed E-state index contributed by atoms with van der Waals surface area (Å²) >= 11 is 0. The van der Waals surface area contributed by atoms with Crippen molar-refractivity contribution in [3.8, 4) is 0 Å². The first-order valence-electron chi connectivity index (χ1n) is 7.15. The normalized spacial score (nSPS) is 28.6. The summed E-state index contributed by atoms with van der Waals surface area (Å²) in [5, 5.41) is 2.67. The van der Waals surface area contributed by atoms with Crippen LogP contribution >= 0.6 is 0 Å². The van der Waals surface area contributed by atoms with Crippen LogP contribution in [0.1, 0.15) is 52.4 Å². The third-order valence-corrected chi connectivity index (χ3v) is 4.43. The molecule has 0 bridgehead atoms. The molecule has 1 saturated heterocycles. The molecule has 1 heterocycles. The minimum absolute atomic E-state index is 0.0304. The van der Waals surface area contributed by atoms with E-state index < -0.39 is 11.6 Å². The van der Waals surface area contributed by atoms with E-state index in [9.17, 15) is 14.4 Å². The number of hydrogen-bond acceptors (Lipinski definition) is 3. The van der Waals surface area contributed by atoms with Gasteiger partial charge >= 0.3 is 6.03 Å². The van der Waals surface area contributed by atoms with Gasteiger partial charge in [0.25, 0.3) is 5.91 Å². The molecule has 0 radical (unpaired) electrons. The van der Waals surface area contributed by atoms with Crippen molar-refractivity contribution in [2.75, 3.05) is 6.54 Å². The molecule has 0 aromatic heterocycles. The number of hydrogen-bond donors (Lipinski definition) is 1. The van der Waals surface area contributed by atoms with Gasteiger partial charge in [-0.15, -0.1) is 0 Å². The summed E-state index contributed by atoms with van der Waals surface area (Å²) < 4.78 is 0. The number of ketones is 1. The van der Waals surface area contributed by atoms with Crippen LogP contribution in [0, 0.1) is 5.92 Å². The van der Waals surface area contributed by atoms with Gasteiger partial charge in [-0.1, -0.05) is 26.2 Å². The Labute approximate surface area is 113 Å². The van der Waals surface area contributed by atoms with Crippen LogP contribution in [0.2, 0.25) is 0 Å². The van der Waals surface area contributed by atoms with E-state index in [-0.39, 0.29) is 24.2 Å². The summed E-state index contributed by atoms with van der Waals surface area (Å²) in [4.78, 5) is 37.3. The molecule has 1 N–H and O–H groups in total. The number of imide groups is 1. The van der Waals surface area contributed by atoms with Crippen LogP contribution in [0.15, 0.2) is 0 Å². The Kier molecular flexibility index (Phi) is 3.92. The van der Waals surface area contributed by atoms with Crippen molar-refractivity contribution < 1.29 is 14.4 Å². The first kappa shape index (κ1) is 14.0. The smallest absolute Gasteiger partial charge is 0.323 e. The Morgan fingerprint density at radius 2 is 1.95 bits per heavy atom. The topological polar surface area (TPSA) is 66.5 Å². The lowest BCUT2D eigenvalue weighted by molar-refractivity contribution is -0.135. The fourth-order valence-electron chi connectivity index (χ4n) is 2.84. The molecule has 19 heavy (non-hydrogen) atoms. The van der Waals surface area contributed by atoms with E-state index in [0.717, 1.165) is 30.6 Å². The first-order valence-corrected chi connectivity index (χ1v) is 7.15. The van der Waals surface area contributed by atoms with Crippen LogP contribution in [-0.4, -0.2) is 34.7 Å². The van der Waals surface area contributed by atoms with E-state index in [1.165, 1.54) is 6.42 Å². The molecular formula is C14H22N2O3. The van der Waals surface area contributed by atoms with Gasteiger partial charge in [0, 0.05) is 5.92 Å². The highest BCUT2D eigenvalue weighted by atomic mass is 16.2. The molecular weight excluding hydrogens is 244 g/mol. The van der Waals surface area contributed by atoms with Crippen LogP contribution in [0.5, 0.6) is 0 Å². The lowest BCUT2D eigenvalue weighted by Crippen LogP contribution is -2.44. The quantitative estimate of drug-likeness (QED) is 0.790. The summed E-state index contributed by atoms with van der Waals surface area (Å²) in [6.07, 6.45) is 5.65. The van der Waals surface area contributed by atoms with E-state index >= 15 is 0 Å². The molecule has 1 unspecified atom stereocenters. The predicted molar refractivity (Wildman–Crippen MR) is 70.5 cm³/mol. The van der Waals surface area contributed by atoms with Crippen LogP contribution in [0.3, 0.4) is 0 Å². The van der Waals surface area contributed by atoms with Gasteiger partial charge in [0.1, 0.15) is 5.54 Å². The molecule has 3 amide bonds. The molecule has 1 aliphatic heterocycles. The third kappa shape index (κ3) is 2.65. The molecule has 0 aromatic carbocycles. The molecule has 2 aliphatic rings. The minimum atomic E-state index is -0.843. The van der Waals surface area contributed by atoms with Crippen LogP contribution < -0.4 is 5.32 Å². The number of amides is 3. The zero-order chi connectivity index (χ0) is 14.0. The van der Waals surface area contributed by atoms with Crippen LogP contribution in [0.25, 0.3) is 0 Å². The number of carbonyl (C=O) groups is 3. The summed E-state index contributed by atoms with van der Waals surface area (Å²) in [6, 6.07) is -0.432. The molecule has 106 valence electrons. The van der Waals surface area contributed by atoms with Crippen molar-refractivity contribution in [3.63, 3.8) is 0 Å². The van der Waals surface area contributed by atoms with Crippen molar-refractivity contribution in [2.24, 2.45) is 5.92 Å². The van der Waals surface area contributed by atoms with Crippen molar-refractivity contribution in [3.05, 3.63) is 0 Å². The Balaban J connectivity index is 2.00. The summed E-state index contributed by atoms with van der Waals surface area (Å²) in [6.45, 7) is 3.49. The molecule has 0 spiro atoms. The summed E-state index contributed by atoms with van der Waals surface area (Å²) in [5.74, 6) is -0.212. The molecule has 5 heteroatoms. The average molecular weight is 266 g/mol. The van der Waals surface area contributed by atoms with Crippen LogP contribution in [-0.2, 0) is 9.59 Å². The number of nitrogens with one attached hydrogen (secondary N) is 1. The summed E-state index contributed by atoms with van der Waals surface area (Å²) in [5.41, 5.74) is -0.843. The highest BCUT2D eigenvalue weighted by Crippen LogP contribution is 2.26. The lowest BCUT2D eigenvalue weighted by atomic mass is 9.86. The number of urea groups is 1. The summed E-state index contributed by atoms with van der Waals surface area (Å²) in [7, 11) is 0. The number of rotatable bonds is 4. The Hall–Kier alpha value is -1.39. The fraction of sp³-hybridized carbons (Fsp3) is 0.786. The fourth-order valence-corrected chi connectivity index (χ4v) is 2.84. The second kappa shape index (κ2) is 5.31. The monoisotopic (exact) mass is 266 g/mol. The molecule has 0 aromatic rings. The van der Waals surface area contributed by atoms with Crippen molar-refractivity contribution in [2.45, 2.75) is 57.9 Å². The van der Waals surface area contributed by atoms with Gasteiger partial charge in [0.2, 0.25) is 0 Å². The molecule has 5 nitrogen and oxygen atoms in total. The number of Topliss-reactive ketones (excluding diaryl/α,β-unsaturated/α-hetero) is 1. The van der Waals surface area contributed by atoms with Crippen molar-refractivity contribution in [1.82, 2.24) is 10.2 Å². The van der Waals surface area contributed by atoms with Gasteiger partial charge in [-0.05, 0) is 26.2 Å². The predicted octanol–water partition coefficient (Wildman–Crippen LogP) is 1.86. The Morgan fingerprint density at radius 1 is 1.32 bits per heavy atom. The van der Waals surface area contributed by atoms with Gasteiger partial charge in [-0.25, -0.2) is 4.79 Å². The highest BCUT2D eigenvalue weighted by Gasteiger charge is 2.47. The second-order valence-corrected chi connectivity index (χ2v) is 5.81. The maximum absolute atomic E-state index is 12.2. The molecule has 2 rings (SSSR count). The van der Waals surface area contributed by atoms with Gasteiger partial charge in [0.05, 0.1) is 6.54 Å². The highest BCUT2D eigenvalue weighted by molar-refractivity contribution is 6.09. The zero-order valence-corrected chi connectivity index (χ0v) is 11.7. The minimum Gasteiger partial charge on any atom is -0.323 e. The number of carbonyl (C=O) groups excluding carboxylic acids is 3. The average Bonchev–Trinajstić information content (AvgIpc) is 2.64. The zero-order valence-electron chi connectivity index (χ0n) is 11.7. The maximum Gasteiger partial charge on any atom is 0.325 e. The van der Waals surface area contributed by atoms with Gasteiger partial charge < -0.3 is 5.32 Å². The molecule has 1 saturated carbocycles. The maximum atomic E-state index is 12.2. The lowest BCUT2D eigenvalue weighted by Gasteiger charge is -2.23. The molecule has 1 aliphatic carbocycles. The van der Waals surface area contributed by atoms with Crippen molar-refractivity contribution in [1.29, 1.82) is 0 Å². The standard InChI is InChI=1S/C14H22N2O3/c1-3-14(2)12(18)16(13(19)15-14)9-11(17)10-7-5-4-6-8-10/h10H,3-9H2,1-2H3,(H,15,19). The second-order valence-electron chi connectivity index (χ2n) is 5.81. The van der Waals surface area contributed by atoms with E-state index in [4.69, 9.17) is 0 Å². The van der Waals surface area contributed by atoms with E-state index in [0.29, 0.717) is 6.42 Å². The van der Waals surface area contributed by atoms with Crippen molar-refractivity contribution >= 4 is 17.7 Å². The van der Waals surface area contributed by atoms with E-state index in [1.807, 2.05) is 6.92 Å². The van der Waals surface area contributed by atoms with Gasteiger partial charge in [0.15, 0.2) is 5.78 Å². The first-order chi connectivity index (χ1) is 8.98. The third-order valence-electron chi connectivity index (χ3n) is 4.43. The Bertz CT molecular complexity index is 401. The SMILES string of the molecule is CCC1(C)NC(=O)N(CC(=O)C2CCCCC2)C1=O. The Morgan fingerprint density at radius 3 is 2.47 bits per heavy atom. The van der Waals surface area contributed by atoms with Gasteiger partial charge in [-0.3, -0.25) is 14.5 Å². The van der Waals surface area contributed by atoms with Gasteiger partial charge in [-0.2, -0.15) is 0 Å². The van der Waals surface area contributed by atoms with E-state index in [1.54, 1.807) is 6.92 Å². The van der Waals surface area contributed by atoms with E-state index in [2.05, 4.69) is 5.32 Å². The largest absolute Gasteiger partial charge is 0.325 e. The number of nitrogens with zero attached hydrogens (tertiary/aromatic N) is 1. The van der Waals surface area contributed by atoms with Crippen LogP contribution in [0.4, 0.5) is 4.79 Å². The molecule has 1 atom stereocenters. The molecule has 2 fully saturated rings.